The number of para-hydroxylation sites is 1. The smallest absolute Gasteiger partial charge is 0.336 e. The van der Waals surface area contributed by atoms with Crippen LogP contribution in [0.5, 0.6) is 5.75 Å². The number of ether oxygens (including phenoxy) is 1. The maximum atomic E-state index is 11.8. The van der Waals surface area contributed by atoms with E-state index in [1.807, 2.05) is 31.2 Å². The van der Waals surface area contributed by atoms with Crippen LogP contribution in [0.25, 0.3) is 0 Å². The predicted octanol–water partition coefficient (Wildman–Crippen LogP) is 5.95. The highest BCUT2D eigenvalue weighted by Gasteiger charge is 2.02. The largest absolute Gasteiger partial charge is 0.423 e. The summed E-state index contributed by atoms with van der Waals surface area (Å²) in [5, 5.41) is 0. The number of carbonyl (C=O) groups excluding carboxylic acids is 1. The monoisotopic (exact) mass is 314 g/mol. The molecule has 1 aromatic carbocycles. The Morgan fingerprint density at radius 3 is 2.48 bits per heavy atom. The Morgan fingerprint density at radius 1 is 1.13 bits per heavy atom. The van der Waals surface area contributed by atoms with Gasteiger partial charge in [-0.05, 0) is 42.9 Å². The normalized spacial score (nSPS) is 13.5. The topological polar surface area (TPSA) is 26.3 Å². The van der Waals surface area contributed by atoms with E-state index >= 15 is 0 Å². The second kappa shape index (κ2) is 10.8. The highest BCUT2D eigenvalue weighted by atomic mass is 16.5. The Kier molecular flexibility index (Phi) is 9.04. The fourth-order valence-electron chi connectivity index (χ4n) is 2.35. The molecule has 1 atom stereocenters. The van der Waals surface area contributed by atoms with Gasteiger partial charge in [-0.3, -0.25) is 0 Å². The van der Waals surface area contributed by atoms with E-state index in [0.29, 0.717) is 11.7 Å². The third kappa shape index (κ3) is 9.72. The minimum Gasteiger partial charge on any atom is -0.423 e. The van der Waals surface area contributed by atoms with Crippen LogP contribution in [0.15, 0.2) is 54.1 Å². The van der Waals surface area contributed by atoms with Gasteiger partial charge in [0.2, 0.25) is 0 Å². The average molecular weight is 314 g/mol. The first kappa shape index (κ1) is 19.2. The van der Waals surface area contributed by atoms with E-state index in [0.717, 1.165) is 17.9 Å². The number of hydrogen-bond donors (Lipinski definition) is 0. The van der Waals surface area contributed by atoms with E-state index in [9.17, 15) is 4.79 Å². The summed E-state index contributed by atoms with van der Waals surface area (Å²) in [6, 6.07) is 9.13. The summed E-state index contributed by atoms with van der Waals surface area (Å²) < 4.78 is 5.24. The molecule has 0 bridgehead atoms. The lowest BCUT2D eigenvalue weighted by molar-refractivity contribution is -0.129. The Hall–Kier alpha value is -1.83. The van der Waals surface area contributed by atoms with Crippen molar-refractivity contribution in [3.05, 3.63) is 54.1 Å². The fourth-order valence-corrected chi connectivity index (χ4v) is 2.35. The molecule has 126 valence electrons. The molecule has 0 saturated heterocycles. The standard InChI is InChI=1S/C21H30O2/c1-17(2)10-8-11-18(3)12-9-13-19(4)16-21(22)23-20-14-6-5-7-15-20/h5-7,9,13-18H,8,10-12H2,1-4H3/b13-9+,19-16+. The molecule has 0 spiro atoms. The van der Waals surface area contributed by atoms with E-state index in [1.165, 1.54) is 25.3 Å². The van der Waals surface area contributed by atoms with Gasteiger partial charge in [-0.2, -0.15) is 0 Å². The molecule has 0 saturated carbocycles. The van der Waals surface area contributed by atoms with Gasteiger partial charge in [0.1, 0.15) is 5.75 Å². The summed E-state index contributed by atoms with van der Waals surface area (Å²) in [4.78, 5) is 11.8. The van der Waals surface area contributed by atoms with Crippen LogP contribution in [0.1, 0.15) is 53.4 Å². The maximum Gasteiger partial charge on any atom is 0.336 e. The molecule has 1 unspecified atom stereocenters. The van der Waals surface area contributed by atoms with Gasteiger partial charge in [-0.1, -0.05) is 70.4 Å². The van der Waals surface area contributed by atoms with Gasteiger partial charge in [-0.25, -0.2) is 4.79 Å². The van der Waals surface area contributed by atoms with E-state index in [2.05, 4.69) is 26.8 Å². The Bertz CT molecular complexity index is 512. The van der Waals surface area contributed by atoms with Crippen molar-refractivity contribution < 1.29 is 9.53 Å². The van der Waals surface area contributed by atoms with Crippen LogP contribution in [-0.2, 0) is 4.79 Å². The molecule has 0 aliphatic rings. The molecule has 1 rings (SSSR count). The maximum absolute atomic E-state index is 11.8. The average Bonchev–Trinajstić information content (AvgIpc) is 2.47. The first-order chi connectivity index (χ1) is 11.0. The van der Waals surface area contributed by atoms with E-state index in [4.69, 9.17) is 4.74 Å². The summed E-state index contributed by atoms with van der Waals surface area (Å²) in [5.74, 6) is 1.72. The molecule has 0 fully saturated rings. The SMILES string of the molecule is CC(/C=C/CC(C)CCCC(C)C)=C\C(=O)Oc1ccccc1. The minimum absolute atomic E-state index is 0.330. The highest BCUT2D eigenvalue weighted by molar-refractivity contribution is 5.85. The summed E-state index contributed by atoms with van der Waals surface area (Å²) in [5.41, 5.74) is 0.917. The second-order valence-electron chi connectivity index (χ2n) is 6.69. The van der Waals surface area contributed by atoms with Gasteiger partial charge in [0.15, 0.2) is 0 Å². The Balaban J connectivity index is 2.33. The van der Waals surface area contributed by atoms with Gasteiger partial charge < -0.3 is 4.74 Å². The van der Waals surface area contributed by atoms with Crippen LogP contribution in [-0.4, -0.2) is 5.97 Å². The number of rotatable bonds is 9. The molecule has 0 radical (unpaired) electrons. The van der Waals surface area contributed by atoms with Crippen LogP contribution >= 0.6 is 0 Å². The van der Waals surface area contributed by atoms with Gasteiger partial charge in [-0.15, -0.1) is 0 Å². The predicted molar refractivity (Wildman–Crippen MR) is 97.4 cm³/mol. The summed E-state index contributed by atoms with van der Waals surface area (Å²) in [6.45, 7) is 8.75. The molecule has 0 amide bonds. The van der Waals surface area contributed by atoms with Crippen LogP contribution in [0, 0.1) is 11.8 Å². The van der Waals surface area contributed by atoms with Crippen molar-refractivity contribution in [3.8, 4) is 5.75 Å². The lowest BCUT2D eigenvalue weighted by Crippen LogP contribution is -2.04. The van der Waals surface area contributed by atoms with E-state index in [1.54, 1.807) is 12.1 Å². The zero-order valence-corrected chi connectivity index (χ0v) is 14.9. The zero-order valence-electron chi connectivity index (χ0n) is 14.9. The Morgan fingerprint density at radius 2 is 1.83 bits per heavy atom. The van der Waals surface area contributed by atoms with Crippen molar-refractivity contribution in [1.82, 2.24) is 0 Å². The molecule has 23 heavy (non-hydrogen) atoms. The molecule has 0 N–H and O–H groups in total. The molecule has 2 nitrogen and oxygen atoms in total. The quantitative estimate of drug-likeness (QED) is 0.244. The van der Waals surface area contributed by atoms with Crippen molar-refractivity contribution in [1.29, 1.82) is 0 Å². The summed E-state index contributed by atoms with van der Waals surface area (Å²) in [7, 11) is 0. The number of allylic oxidation sites excluding steroid dienone is 3. The van der Waals surface area contributed by atoms with Crippen molar-refractivity contribution >= 4 is 5.97 Å². The molecule has 0 aromatic heterocycles. The van der Waals surface area contributed by atoms with Crippen molar-refractivity contribution in [3.63, 3.8) is 0 Å². The number of hydrogen-bond acceptors (Lipinski definition) is 2. The summed E-state index contributed by atoms with van der Waals surface area (Å²) >= 11 is 0. The lowest BCUT2D eigenvalue weighted by atomic mass is 9.97. The lowest BCUT2D eigenvalue weighted by Gasteiger charge is -2.09. The summed E-state index contributed by atoms with van der Waals surface area (Å²) in [6.07, 6.45) is 10.6. The van der Waals surface area contributed by atoms with E-state index < -0.39 is 0 Å². The third-order valence-electron chi connectivity index (χ3n) is 3.70. The van der Waals surface area contributed by atoms with Crippen molar-refractivity contribution in [2.75, 3.05) is 0 Å². The fraction of sp³-hybridized carbons (Fsp3) is 0.476. The zero-order chi connectivity index (χ0) is 17.1. The van der Waals surface area contributed by atoms with Crippen LogP contribution in [0.3, 0.4) is 0 Å². The van der Waals surface area contributed by atoms with Gasteiger partial charge in [0.05, 0.1) is 0 Å². The van der Waals surface area contributed by atoms with Crippen LogP contribution in [0.2, 0.25) is 0 Å². The third-order valence-corrected chi connectivity index (χ3v) is 3.70. The van der Waals surface area contributed by atoms with Gasteiger partial charge in [0, 0.05) is 6.08 Å². The van der Waals surface area contributed by atoms with Gasteiger partial charge >= 0.3 is 5.97 Å². The number of carbonyl (C=O) groups is 1. The molecular weight excluding hydrogens is 284 g/mol. The first-order valence-corrected chi connectivity index (χ1v) is 8.59. The first-order valence-electron chi connectivity index (χ1n) is 8.59. The molecule has 0 heterocycles. The van der Waals surface area contributed by atoms with Crippen molar-refractivity contribution in [2.45, 2.75) is 53.4 Å². The molecule has 2 heteroatoms. The molecule has 0 aliphatic carbocycles. The van der Waals surface area contributed by atoms with Gasteiger partial charge in [0.25, 0.3) is 0 Å². The molecule has 0 aliphatic heterocycles. The van der Waals surface area contributed by atoms with Crippen molar-refractivity contribution in [2.24, 2.45) is 11.8 Å². The molecule has 1 aromatic rings. The second-order valence-corrected chi connectivity index (χ2v) is 6.69. The highest BCUT2D eigenvalue weighted by Crippen LogP contribution is 2.16. The van der Waals surface area contributed by atoms with Crippen LogP contribution < -0.4 is 4.74 Å². The number of esters is 1. The molecular formula is C21H30O2. The van der Waals surface area contributed by atoms with Crippen LogP contribution in [0.4, 0.5) is 0 Å². The minimum atomic E-state index is -0.330. The van der Waals surface area contributed by atoms with E-state index in [-0.39, 0.29) is 5.97 Å². The Labute approximate surface area is 141 Å². The number of benzene rings is 1.